The molecule has 0 aromatic heterocycles. The summed E-state index contributed by atoms with van der Waals surface area (Å²) in [5.41, 5.74) is 6.75. The van der Waals surface area contributed by atoms with Crippen molar-refractivity contribution in [2.45, 2.75) is 19.4 Å². The van der Waals surface area contributed by atoms with E-state index in [1.807, 2.05) is 4.90 Å². The third kappa shape index (κ3) is 4.01. The third-order valence-electron chi connectivity index (χ3n) is 3.68. The van der Waals surface area contributed by atoms with Crippen molar-refractivity contribution >= 4 is 34.8 Å². The number of carbonyl (C=O) groups is 1. The number of nitrogens with one attached hydrogen (secondary N) is 1. The number of benzene rings is 1. The summed E-state index contributed by atoms with van der Waals surface area (Å²) in [7, 11) is 0. The first-order valence-electron chi connectivity index (χ1n) is 6.69. The van der Waals surface area contributed by atoms with E-state index in [9.17, 15) is 4.79 Å². The Bertz CT molecular complexity index is 475. The maximum absolute atomic E-state index is 12.1. The molecule has 1 heterocycles. The SMILES string of the molecule is CC1CCN(C(=O)CNc2cc(Cl)cc(Cl)c2)CC1N. The largest absolute Gasteiger partial charge is 0.376 e. The molecule has 1 fully saturated rings. The Morgan fingerprint density at radius 3 is 2.65 bits per heavy atom. The van der Waals surface area contributed by atoms with Gasteiger partial charge in [-0.1, -0.05) is 30.1 Å². The van der Waals surface area contributed by atoms with Crippen LogP contribution in [0, 0.1) is 5.92 Å². The Kier molecular flexibility index (Phi) is 5.13. The number of piperidine rings is 1. The minimum absolute atomic E-state index is 0.0449. The van der Waals surface area contributed by atoms with Crippen molar-refractivity contribution in [3.63, 3.8) is 0 Å². The van der Waals surface area contributed by atoms with Crippen molar-refractivity contribution in [3.8, 4) is 0 Å². The summed E-state index contributed by atoms with van der Waals surface area (Å²) < 4.78 is 0. The number of hydrogen-bond acceptors (Lipinski definition) is 3. The van der Waals surface area contributed by atoms with Gasteiger partial charge in [0.1, 0.15) is 0 Å². The molecule has 1 aliphatic rings. The molecule has 1 aliphatic heterocycles. The lowest BCUT2D eigenvalue weighted by Gasteiger charge is -2.35. The van der Waals surface area contributed by atoms with Gasteiger partial charge in [-0.15, -0.1) is 0 Å². The van der Waals surface area contributed by atoms with Crippen LogP contribution in [0.1, 0.15) is 13.3 Å². The van der Waals surface area contributed by atoms with Crippen molar-refractivity contribution in [1.82, 2.24) is 4.90 Å². The number of anilines is 1. The average Bonchev–Trinajstić information content (AvgIpc) is 2.38. The lowest BCUT2D eigenvalue weighted by atomic mass is 9.94. The van der Waals surface area contributed by atoms with Gasteiger partial charge < -0.3 is 16.0 Å². The van der Waals surface area contributed by atoms with Crippen molar-refractivity contribution in [2.75, 3.05) is 25.0 Å². The van der Waals surface area contributed by atoms with Crippen LogP contribution in [-0.4, -0.2) is 36.5 Å². The van der Waals surface area contributed by atoms with E-state index in [-0.39, 0.29) is 18.5 Å². The molecule has 1 amide bonds. The molecule has 0 saturated carbocycles. The number of nitrogens with two attached hydrogens (primary N) is 1. The topological polar surface area (TPSA) is 58.4 Å². The monoisotopic (exact) mass is 315 g/mol. The van der Waals surface area contributed by atoms with E-state index in [1.165, 1.54) is 0 Å². The summed E-state index contributed by atoms with van der Waals surface area (Å²) in [6.07, 6.45) is 0.954. The minimum Gasteiger partial charge on any atom is -0.376 e. The molecule has 1 saturated heterocycles. The summed E-state index contributed by atoms with van der Waals surface area (Å²) in [5.74, 6) is 0.516. The fourth-order valence-corrected chi connectivity index (χ4v) is 2.80. The van der Waals surface area contributed by atoms with E-state index >= 15 is 0 Å². The van der Waals surface area contributed by atoms with Crippen LogP contribution in [0.5, 0.6) is 0 Å². The standard InChI is InChI=1S/C14H19Cl2N3O/c1-9-2-3-19(8-13(9)17)14(20)7-18-12-5-10(15)4-11(16)6-12/h4-6,9,13,18H,2-3,7-8,17H2,1H3. The summed E-state index contributed by atoms with van der Waals surface area (Å²) in [4.78, 5) is 13.9. The van der Waals surface area contributed by atoms with Crippen LogP contribution in [-0.2, 0) is 4.79 Å². The lowest BCUT2D eigenvalue weighted by molar-refractivity contribution is -0.130. The number of rotatable bonds is 3. The molecule has 1 aromatic carbocycles. The zero-order valence-corrected chi connectivity index (χ0v) is 12.9. The number of amides is 1. The number of nitrogens with zero attached hydrogens (tertiary/aromatic N) is 1. The minimum atomic E-state index is 0.0449. The quantitative estimate of drug-likeness (QED) is 0.901. The van der Waals surface area contributed by atoms with Crippen molar-refractivity contribution in [3.05, 3.63) is 28.2 Å². The highest BCUT2D eigenvalue weighted by Crippen LogP contribution is 2.22. The summed E-state index contributed by atoms with van der Waals surface area (Å²) in [6.45, 7) is 3.74. The zero-order chi connectivity index (χ0) is 14.7. The molecule has 3 N–H and O–H groups in total. The highest BCUT2D eigenvalue weighted by molar-refractivity contribution is 6.35. The molecular formula is C14H19Cl2N3O. The van der Waals surface area contributed by atoms with Gasteiger partial charge in [0.05, 0.1) is 6.54 Å². The molecule has 0 aliphatic carbocycles. The van der Waals surface area contributed by atoms with Gasteiger partial charge in [-0.3, -0.25) is 4.79 Å². The maximum Gasteiger partial charge on any atom is 0.241 e. The molecule has 1 aromatic rings. The van der Waals surface area contributed by atoms with E-state index in [4.69, 9.17) is 28.9 Å². The van der Waals surface area contributed by atoms with Crippen LogP contribution in [0.3, 0.4) is 0 Å². The van der Waals surface area contributed by atoms with Gasteiger partial charge in [0.25, 0.3) is 0 Å². The van der Waals surface area contributed by atoms with E-state index in [1.54, 1.807) is 18.2 Å². The van der Waals surface area contributed by atoms with Gasteiger partial charge in [-0.2, -0.15) is 0 Å². The first-order valence-corrected chi connectivity index (χ1v) is 7.44. The Balaban J connectivity index is 1.89. The average molecular weight is 316 g/mol. The van der Waals surface area contributed by atoms with Crippen LogP contribution in [0.4, 0.5) is 5.69 Å². The highest BCUT2D eigenvalue weighted by Gasteiger charge is 2.25. The predicted octanol–water partition coefficient (Wildman–Crippen LogP) is 2.60. The van der Waals surface area contributed by atoms with Gasteiger partial charge >= 0.3 is 0 Å². The molecule has 4 nitrogen and oxygen atoms in total. The van der Waals surface area contributed by atoms with Crippen LogP contribution < -0.4 is 11.1 Å². The van der Waals surface area contributed by atoms with Gasteiger partial charge in [-0.25, -0.2) is 0 Å². The van der Waals surface area contributed by atoms with E-state index in [0.717, 1.165) is 18.7 Å². The molecule has 0 radical (unpaired) electrons. The van der Waals surface area contributed by atoms with Crippen molar-refractivity contribution in [1.29, 1.82) is 0 Å². The lowest BCUT2D eigenvalue weighted by Crippen LogP contribution is -2.51. The number of carbonyl (C=O) groups excluding carboxylic acids is 1. The Labute approximate surface area is 129 Å². The fourth-order valence-electron chi connectivity index (χ4n) is 2.27. The molecule has 110 valence electrons. The Hall–Kier alpha value is -0.970. The summed E-state index contributed by atoms with van der Waals surface area (Å²) in [5, 5.41) is 4.13. The van der Waals surface area contributed by atoms with E-state index < -0.39 is 0 Å². The molecule has 0 spiro atoms. The molecule has 2 atom stereocenters. The second-order valence-electron chi connectivity index (χ2n) is 5.28. The third-order valence-corrected chi connectivity index (χ3v) is 4.11. The van der Waals surface area contributed by atoms with Crippen molar-refractivity contribution < 1.29 is 4.79 Å². The van der Waals surface area contributed by atoms with Crippen LogP contribution in [0.2, 0.25) is 10.0 Å². The van der Waals surface area contributed by atoms with Crippen LogP contribution in [0.15, 0.2) is 18.2 Å². The van der Waals surface area contributed by atoms with E-state index in [0.29, 0.717) is 22.5 Å². The second-order valence-corrected chi connectivity index (χ2v) is 6.15. The molecule has 2 unspecified atom stereocenters. The number of likely N-dealkylation sites (tertiary alicyclic amines) is 1. The van der Waals surface area contributed by atoms with Gasteiger partial charge in [-0.05, 0) is 30.5 Å². The second kappa shape index (κ2) is 6.66. The predicted molar refractivity (Wildman–Crippen MR) is 83.3 cm³/mol. The van der Waals surface area contributed by atoms with Gasteiger partial charge in [0.15, 0.2) is 0 Å². The van der Waals surface area contributed by atoms with E-state index in [2.05, 4.69) is 12.2 Å². The first kappa shape index (κ1) is 15.4. The Morgan fingerprint density at radius 2 is 2.05 bits per heavy atom. The van der Waals surface area contributed by atoms with Gasteiger partial charge in [0.2, 0.25) is 5.91 Å². The Morgan fingerprint density at radius 1 is 1.40 bits per heavy atom. The molecule has 2 rings (SSSR count). The van der Waals surface area contributed by atoms with Crippen LogP contribution >= 0.6 is 23.2 Å². The van der Waals surface area contributed by atoms with Gasteiger partial charge in [0, 0.05) is 34.9 Å². The van der Waals surface area contributed by atoms with Crippen molar-refractivity contribution in [2.24, 2.45) is 11.7 Å². The van der Waals surface area contributed by atoms with Crippen LogP contribution in [0.25, 0.3) is 0 Å². The molecule has 0 bridgehead atoms. The number of halogens is 2. The smallest absolute Gasteiger partial charge is 0.241 e. The fraction of sp³-hybridized carbons (Fsp3) is 0.500. The normalized spacial score (nSPS) is 22.7. The summed E-state index contributed by atoms with van der Waals surface area (Å²) >= 11 is 11.8. The summed E-state index contributed by atoms with van der Waals surface area (Å²) in [6, 6.07) is 5.20. The first-order chi connectivity index (χ1) is 9.45. The zero-order valence-electron chi connectivity index (χ0n) is 11.4. The number of hydrogen-bond donors (Lipinski definition) is 2. The maximum atomic E-state index is 12.1. The molecule has 20 heavy (non-hydrogen) atoms. The molecular weight excluding hydrogens is 297 g/mol. The highest BCUT2D eigenvalue weighted by atomic mass is 35.5. The molecule has 6 heteroatoms.